The second-order valence-electron chi connectivity index (χ2n) is 6.68. The second kappa shape index (κ2) is 8.77. The van der Waals surface area contributed by atoms with Crippen molar-refractivity contribution in [3.63, 3.8) is 0 Å². The summed E-state index contributed by atoms with van der Waals surface area (Å²) < 4.78 is 33.4. The summed E-state index contributed by atoms with van der Waals surface area (Å²) in [6, 6.07) is 16.0. The molecule has 0 heterocycles. The van der Waals surface area contributed by atoms with Gasteiger partial charge in [-0.15, -0.1) is 0 Å². The largest absolute Gasteiger partial charge is 0.495 e. The van der Waals surface area contributed by atoms with E-state index in [-0.39, 0.29) is 16.1 Å². The van der Waals surface area contributed by atoms with Gasteiger partial charge in [0.25, 0.3) is 15.9 Å². The highest BCUT2D eigenvalue weighted by atomic mass is 35.5. The second-order valence-corrected chi connectivity index (χ2v) is 8.80. The predicted octanol–water partition coefficient (Wildman–Crippen LogP) is 5.02. The molecule has 156 valence electrons. The number of anilines is 2. The highest BCUT2D eigenvalue weighted by Crippen LogP contribution is 2.30. The molecule has 0 spiro atoms. The Kier molecular flexibility index (Phi) is 6.34. The zero-order valence-corrected chi connectivity index (χ0v) is 18.3. The number of methoxy groups -OCH3 is 1. The topological polar surface area (TPSA) is 84.5 Å². The van der Waals surface area contributed by atoms with E-state index in [1.165, 1.54) is 31.4 Å². The van der Waals surface area contributed by atoms with Gasteiger partial charge in [-0.3, -0.25) is 9.52 Å². The minimum Gasteiger partial charge on any atom is -0.495 e. The van der Waals surface area contributed by atoms with Crippen molar-refractivity contribution in [2.24, 2.45) is 0 Å². The molecule has 0 fully saturated rings. The Balaban J connectivity index is 1.88. The highest BCUT2D eigenvalue weighted by Gasteiger charge is 2.19. The molecule has 0 aliphatic carbocycles. The lowest BCUT2D eigenvalue weighted by molar-refractivity contribution is 0.102. The molecule has 3 aromatic rings. The number of sulfonamides is 1. The number of carbonyl (C=O) groups is 1. The number of amides is 1. The van der Waals surface area contributed by atoms with Crippen LogP contribution < -0.4 is 14.8 Å². The van der Waals surface area contributed by atoms with Crippen LogP contribution in [-0.2, 0) is 10.0 Å². The highest BCUT2D eigenvalue weighted by molar-refractivity contribution is 7.92. The molecule has 0 aliphatic rings. The normalized spacial score (nSPS) is 11.1. The SMILES string of the molecule is COc1ccc(Cl)cc1NS(=O)(=O)c1cccc(C(=O)Nc2cccc(C)c2C)c1. The molecule has 6 nitrogen and oxygen atoms in total. The smallest absolute Gasteiger partial charge is 0.262 e. The minimum atomic E-state index is -3.98. The van der Waals surface area contributed by atoms with Gasteiger partial charge in [-0.25, -0.2) is 8.42 Å². The predicted molar refractivity (Wildman–Crippen MR) is 119 cm³/mol. The van der Waals surface area contributed by atoms with E-state index < -0.39 is 15.9 Å². The summed E-state index contributed by atoms with van der Waals surface area (Å²) in [4.78, 5) is 12.6. The molecule has 0 atom stereocenters. The Morgan fingerprint density at radius 1 is 0.967 bits per heavy atom. The summed E-state index contributed by atoms with van der Waals surface area (Å²) in [7, 11) is -2.55. The number of hydrogen-bond acceptors (Lipinski definition) is 4. The average molecular weight is 445 g/mol. The molecule has 3 rings (SSSR count). The van der Waals surface area contributed by atoms with Gasteiger partial charge in [0.2, 0.25) is 0 Å². The van der Waals surface area contributed by atoms with Gasteiger partial charge in [0.1, 0.15) is 5.75 Å². The lowest BCUT2D eigenvalue weighted by Crippen LogP contribution is -2.16. The molecular formula is C22H21ClN2O4S. The third kappa shape index (κ3) is 4.75. The third-order valence-electron chi connectivity index (χ3n) is 4.67. The minimum absolute atomic E-state index is 0.0573. The van der Waals surface area contributed by atoms with E-state index in [4.69, 9.17) is 16.3 Å². The summed E-state index contributed by atoms with van der Waals surface area (Å²) in [6.45, 7) is 3.86. The fourth-order valence-electron chi connectivity index (χ4n) is 2.85. The maximum absolute atomic E-state index is 12.9. The van der Waals surface area contributed by atoms with E-state index >= 15 is 0 Å². The maximum Gasteiger partial charge on any atom is 0.262 e. The van der Waals surface area contributed by atoms with Crippen molar-refractivity contribution in [3.05, 3.63) is 82.4 Å². The number of aryl methyl sites for hydroxylation is 1. The first-order chi connectivity index (χ1) is 14.2. The van der Waals surface area contributed by atoms with Gasteiger partial charge >= 0.3 is 0 Å². The third-order valence-corrected chi connectivity index (χ3v) is 6.26. The van der Waals surface area contributed by atoms with Crippen molar-refractivity contribution in [3.8, 4) is 5.75 Å². The fraction of sp³-hybridized carbons (Fsp3) is 0.136. The lowest BCUT2D eigenvalue weighted by atomic mass is 10.1. The van der Waals surface area contributed by atoms with E-state index in [1.807, 2.05) is 26.0 Å². The van der Waals surface area contributed by atoms with Crippen molar-refractivity contribution in [2.45, 2.75) is 18.7 Å². The molecule has 2 N–H and O–H groups in total. The van der Waals surface area contributed by atoms with Gasteiger partial charge in [-0.2, -0.15) is 0 Å². The Labute approximate surface area is 180 Å². The Hall–Kier alpha value is -3.03. The molecule has 3 aromatic carbocycles. The Morgan fingerprint density at radius 3 is 2.43 bits per heavy atom. The van der Waals surface area contributed by atoms with Crippen LogP contribution in [0.3, 0.4) is 0 Å². The van der Waals surface area contributed by atoms with E-state index in [9.17, 15) is 13.2 Å². The first kappa shape index (κ1) is 21.7. The molecule has 0 radical (unpaired) electrons. The number of carbonyl (C=O) groups excluding carboxylic acids is 1. The van der Waals surface area contributed by atoms with Crippen molar-refractivity contribution >= 4 is 38.9 Å². The summed E-state index contributed by atoms with van der Waals surface area (Å²) in [6.07, 6.45) is 0. The summed E-state index contributed by atoms with van der Waals surface area (Å²) >= 11 is 5.97. The molecule has 30 heavy (non-hydrogen) atoms. The van der Waals surface area contributed by atoms with E-state index in [2.05, 4.69) is 10.0 Å². The Morgan fingerprint density at radius 2 is 1.70 bits per heavy atom. The average Bonchev–Trinajstić information content (AvgIpc) is 2.71. The quantitative estimate of drug-likeness (QED) is 0.559. The van der Waals surface area contributed by atoms with Crippen LogP contribution in [-0.4, -0.2) is 21.4 Å². The molecule has 0 bridgehead atoms. The zero-order valence-electron chi connectivity index (χ0n) is 16.7. The maximum atomic E-state index is 12.9. The van der Waals surface area contributed by atoms with Gasteiger partial charge in [-0.1, -0.05) is 29.8 Å². The van der Waals surface area contributed by atoms with Crippen molar-refractivity contribution in [1.82, 2.24) is 0 Å². The molecule has 0 aromatic heterocycles. The van der Waals surface area contributed by atoms with Crippen LogP contribution in [0.5, 0.6) is 5.75 Å². The van der Waals surface area contributed by atoms with Gasteiger partial charge in [-0.05, 0) is 67.4 Å². The van der Waals surface area contributed by atoms with Crippen LogP contribution >= 0.6 is 11.6 Å². The molecule has 8 heteroatoms. The molecule has 0 saturated heterocycles. The van der Waals surface area contributed by atoms with Crippen LogP contribution in [0.4, 0.5) is 11.4 Å². The molecule has 1 amide bonds. The van der Waals surface area contributed by atoms with Crippen LogP contribution in [0, 0.1) is 13.8 Å². The summed E-state index contributed by atoms with van der Waals surface area (Å²) in [5, 5.41) is 3.19. The van der Waals surface area contributed by atoms with E-state index in [1.54, 1.807) is 24.3 Å². The number of rotatable bonds is 6. The zero-order chi connectivity index (χ0) is 21.9. The first-order valence-corrected chi connectivity index (χ1v) is 10.9. The standard InChI is InChI=1S/C22H21ClN2O4S/c1-14-6-4-9-19(15(14)2)24-22(26)16-7-5-8-18(12-16)30(27,28)25-20-13-17(23)10-11-21(20)29-3/h4-13,25H,1-3H3,(H,24,26). The van der Waals surface area contributed by atoms with Crippen LogP contribution in [0.1, 0.15) is 21.5 Å². The monoisotopic (exact) mass is 444 g/mol. The Bertz CT molecular complexity index is 1210. The number of halogens is 1. The number of nitrogens with one attached hydrogen (secondary N) is 2. The van der Waals surface area contributed by atoms with Crippen LogP contribution in [0.2, 0.25) is 5.02 Å². The molecule has 0 saturated carbocycles. The lowest BCUT2D eigenvalue weighted by Gasteiger charge is -2.13. The van der Waals surface area contributed by atoms with Crippen molar-refractivity contribution in [1.29, 1.82) is 0 Å². The van der Waals surface area contributed by atoms with Gasteiger partial charge < -0.3 is 10.1 Å². The van der Waals surface area contributed by atoms with Gasteiger partial charge in [0, 0.05) is 16.3 Å². The number of ether oxygens (including phenoxy) is 1. The fourth-order valence-corrected chi connectivity index (χ4v) is 4.13. The van der Waals surface area contributed by atoms with Crippen molar-refractivity contribution < 1.29 is 17.9 Å². The van der Waals surface area contributed by atoms with E-state index in [0.29, 0.717) is 16.5 Å². The summed E-state index contributed by atoms with van der Waals surface area (Å²) in [5.41, 5.74) is 3.09. The van der Waals surface area contributed by atoms with Crippen LogP contribution in [0.15, 0.2) is 65.6 Å². The molecule has 0 aliphatic heterocycles. The van der Waals surface area contributed by atoms with Crippen molar-refractivity contribution in [2.75, 3.05) is 17.1 Å². The van der Waals surface area contributed by atoms with Crippen LogP contribution in [0.25, 0.3) is 0 Å². The summed E-state index contributed by atoms with van der Waals surface area (Å²) in [5.74, 6) is -0.0760. The van der Waals surface area contributed by atoms with Gasteiger partial charge in [0.15, 0.2) is 0 Å². The first-order valence-electron chi connectivity index (χ1n) is 9.05. The number of benzene rings is 3. The molecule has 0 unspecified atom stereocenters. The van der Waals surface area contributed by atoms with Gasteiger partial charge in [0.05, 0.1) is 17.7 Å². The molecular weight excluding hydrogens is 424 g/mol. The van der Waals surface area contributed by atoms with E-state index in [0.717, 1.165) is 11.1 Å². The number of hydrogen-bond donors (Lipinski definition) is 2.